The number of rotatable bonds is 4. The molecule has 1 rings (SSSR count). The SMILES string of the molecule is CCCC[C@@H](N)c1ccc(C)c(Cl)c1.Cl. The zero-order valence-electron chi connectivity index (χ0n) is 9.29. The van der Waals surface area contributed by atoms with Gasteiger partial charge in [-0.05, 0) is 30.5 Å². The maximum atomic E-state index is 6.04. The highest BCUT2D eigenvalue weighted by atomic mass is 35.5. The molecule has 1 aromatic carbocycles. The van der Waals surface area contributed by atoms with Gasteiger partial charge in [-0.3, -0.25) is 0 Å². The van der Waals surface area contributed by atoms with Gasteiger partial charge in [0.05, 0.1) is 0 Å². The monoisotopic (exact) mass is 247 g/mol. The number of benzene rings is 1. The quantitative estimate of drug-likeness (QED) is 0.846. The van der Waals surface area contributed by atoms with Crippen LogP contribution in [0.1, 0.15) is 43.4 Å². The first-order chi connectivity index (χ1) is 6.65. The molecule has 1 atom stereocenters. The molecular weight excluding hydrogens is 229 g/mol. The molecule has 0 saturated heterocycles. The van der Waals surface area contributed by atoms with E-state index in [1.807, 2.05) is 19.1 Å². The van der Waals surface area contributed by atoms with Gasteiger partial charge in [0.1, 0.15) is 0 Å². The number of hydrogen-bond acceptors (Lipinski definition) is 1. The van der Waals surface area contributed by atoms with Crippen molar-refractivity contribution in [2.24, 2.45) is 5.73 Å². The number of nitrogens with two attached hydrogens (primary N) is 1. The minimum atomic E-state index is 0. The van der Waals surface area contributed by atoms with Crippen LogP contribution in [0.2, 0.25) is 5.02 Å². The summed E-state index contributed by atoms with van der Waals surface area (Å²) in [4.78, 5) is 0. The van der Waals surface area contributed by atoms with Gasteiger partial charge in [0, 0.05) is 11.1 Å². The lowest BCUT2D eigenvalue weighted by Gasteiger charge is -2.12. The number of halogens is 2. The summed E-state index contributed by atoms with van der Waals surface area (Å²) < 4.78 is 0. The smallest absolute Gasteiger partial charge is 0.0438 e. The van der Waals surface area contributed by atoms with E-state index in [1.165, 1.54) is 12.8 Å². The Hall–Kier alpha value is -0.240. The first kappa shape index (κ1) is 14.8. The molecule has 0 aliphatic carbocycles. The Morgan fingerprint density at radius 1 is 1.40 bits per heavy atom. The molecular formula is C12H19Cl2N. The Balaban J connectivity index is 0.00000196. The van der Waals surface area contributed by atoms with Crippen LogP contribution in [0, 0.1) is 6.92 Å². The van der Waals surface area contributed by atoms with Crippen molar-refractivity contribution in [2.45, 2.75) is 39.2 Å². The molecule has 2 N–H and O–H groups in total. The van der Waals surface area contributed by atoms with Crippen LogP contribution in [0.25, 0.3) is 0 Å². The van der Waals surface area contributed by atoms with Crippen LogP contribution in [0.5, 0.6) is 0 Å². The third kappa shape index (κ3) is 4.42. The highest BCUT2D eigenvalue weighted by molar-refractivity contribution is 6.31. The largest absolute Gasteiger partial charge is 0.324 e. The van der Waals surface area contributed by atoms with Crippen LogP contribution in [0.3, 0.4) is 0 Å². The highest BCUT2D eigenvalue weighted by Gasteiger charge is 2.06. The number of aryl methyl sites for hydroxylation is 1. The van der Waals surface area contributed by atoms with Gasteiger partial charge in [-0.25, -0.2) is 0 Å². The second kappa shape index (κ2) is 7.10. The zero-order valence-corrected chi connectivity index (χ0v) is 10.9. The Bertz CT molecular complexity index is 300. The summed E-state index contributed by atoms with van der Waals surface area (Å²) >= 11 is 6.04. The molecule has 0 aliphatic heterocycles. The lowest BCUT2D eigenvalue weighted by Crippen LogP contribution is -2.09. The topological polar surface area (TPSA) is 26.0 Å². The molecule has 0 bridgehead atoms. The predicted molar refractivity (Wildman–Crippen MR) is 69.9 cm³/mol. The third-order valence-corrected chi connectivity index (χ3v) is 2.90. The van der Waals surface area contributed by atoms with E-state index in [0.717, 1.165) is 22.6 Å². The van der Waals surface area contributed by atoms with Crippen molar-refractivity contribution in [2.75, 3.05) is 0 Å². The van der Waals surface area contributed by atoms with Gasteiger partial charge in [-0.2, -0.15) is 0 Å². The standard InChI is InChI=1S/C12H18ClN.ClH/c1-3-4-5-12(14)10-7-6-9(2)11(13)8-10;/h6-8,12H,3-5,14H2,1-2H3;1H/t12-;/m1./s1. The van der Waals surface area contributed by atoms with E-state index in [0.29, 0.717) is 0 Å². The van der Waals surface area contributed by atoms with Crippen molar-refractivity contribution < 1.29 is 0 Å². The molecule has 15 heavy (non-hydrogen) atoms. The third-order valence-electron chi connectivity index (χ3n) is 2.49. The van der Waals surface area contributed by atoms with E-state index >= 15 is 0 Å². The molecule has 3 heteroatoms. The van der Waals surface area contributed by atoms with E-state index in [2.05, 4.69) is 13.0 Å². The summed E-state index contributed by atoms with van der Waals surface area (Å²) in [7, 11) is 0. The van der Waals surface area contributed by atoms with E-state index in [-0.39, 0.29) is 18.4 Å². The molecule has 0 unspecified atom stereocenters. The first-order valence-corrected chi connectivity index (χ1v) is 5.54. The predicted octanol–water partition coefficient (Wildman–Crippen LogP) is 4.26. The molecule has 0 saturated carbocycles. The molecule has 0 radical (unpaired) electrons. The summed E-state index contributed by atoms with van der Waals surface area (Å²) in [6.07, 6.45) is 3.40. The fourth-order valence-electron chi connectivity index (χ4n) is 1.43. The lowest BCUT2D eigenvalue weighted by molar-refractivity contribution is 0.603. The second-order valence-corrected chi connectivity index (χ2v) is 4.16. The Labute approximate surface area is 103 Å². The van der Waals surface area contributed by atoms with Crippen molar-refractivity contribution in [1.82, 2.24) is 0 Å². The van der Waals surface area contributed by atoms with E-state index < -0.39 is 0 Å². The average Bonchev–Trinajstić information content (AvgIpc) is 2.18. The van der Waals surface area contributed by atoms with Crippen LogP contribution in [0.4, 0.5) is 0 Å². The Kier molecular flexibility index (Phi) is 6.99. The van der Waals surface area contributed by atoms with Crippen LogP contribution < -0.4 is 5.73 Å². The minimum absolute atomic E-state index is 0. The second-order valence-electron chi connectivity index (χ2n) is 3.76. The number of hydrogen-bond donors (Lipinski definition) is 1. The van der Waals surface area contributed by atoms with Crippen LogP contribution in [0.15, 0.2) is 18.2 Å². The van der Waals surface area contributed by atoms with Gasteiger partial charge in [0.15, 0.2) is 0 Å². The normalized spacial score (nSPS) is 12.0. The number of unbranched alkanes of at least 4 members (excludes halogenated alkanes) is 1. The van der Waals surface area contributed by atoms with E-state index in [4.69, 9.17) is 17.3 Å². The maximum absolute atomic E-state index is 6.04. The molecule has 0 fully saturated rings. The van der Waals surface area contributed by atoms with Crippen molar-refractivity contribution in [1.29, 1.82) is 0 Å². The van der Waals surface area contributed by atoms with Crippen LogP contribution in [-0.4, -0.2) is 0 Å². The first-order valence-electron chi connectivity index (χ1n) is 5.16. The molecule has 0 spiro atoms. The molecule has 86 valence electrons. The maximum Gasteiger partial charge on any atom is 0.0438 e. The molecule has 0 amide bonds. The van der Waals surface area contributed by atoms with Gasteiger partial charge < -0.3 is 5.73 Å². The Morgan fingerprint density at radius 2 is 2.07 bits per heavy atom. The molecule has 0 heterocycles. The van der Waals surface area contributed by atoms with Crippen molar-refractivity contribution in [3.63, 3.8) is 0 Å². The van der Waals surface area contributed by atoms with Gasteiger partial charge in [-0.1, -0.05) is 43.5 Å². The van der Waals surface area contributed by atoms with Crippen molar-refractivity contribution in [3.05, 3.63) is 34.3 Å². The summed E-state index contributed by atoms with van der Waals surface area (Å²) in [6, 6.07) is 6.22. The van der Waals surface area contributed by atoms with Gasteiger partial charge in [0.2, 0.25) is 0 Å². The van der Waals surface area contributed by atoms with Crippen molar-refractivity contribution >= 4 is 24.0 Å². The Morgan fingerprint density at radius 3 is 2.60 bits per heavy atom. The fourth-order valence-corrected chi connectivity index (χ4v) is 1.62. The highest BCUT2D eigenvalue weighted by Crippen LogP contribution is 2.22. The summed E-state index contributed by atoms with van der Waals surface area (Å²) in [6.45, 7) is 4.18. The lowest BCUT2D eigenvalue weighted by atomic mass is 10.0. The van der Waals surface area contributed by atoms with Crippen LogP contribution in [-0.2, 0) is 0 Å². The van der Waals surface area contributed by atoms with Gasteiger partial charge in [0.25, 0.3) is 0 Å². The molecule has 1 nitrogen and oxygen atoms in total. The van der Waals surface area contributed by atoms with E-state index in [9.17, 15) is 0 Å². The fraction of sp³-hybridized carbons (Fsp3) is 0.500. The summed E-state index contributed by atoms with van der Waals surface area (Å²) in [5, 5.41) is 0.814. The van der Waals surface area contributed by atoms with E-state index in [1.54, 1.807) is 0 Å². The summed E-state index contributed by atoms with van der Waals surface area (Å²) in [5.74, 6) is 0. The molecule has 0 aliphatic rings. The molecule has 1 aromatic rings. The minimum Gasteiger partial charge on any atom is -0.324 e. The van der Waals surface area contributed by atoms with Gasteiger partial charge >= 0.3 is 0 Å². The molecule has 0 aromatic heterocycles. The van der Waals surface area contributed by atoms with Crippen LogP contribution >= 0.6 is 24.0 Å². The summed E-state index contributed by atoms with van der Waals surface area (Å²) in [5.41, 5.74) is 8.30. The van der Waals surface area contributed by atoms with Gasteiger partial charge in [-0.15, -0.1) is 12.4 Å². The zero-order chi connectivity index (χ0) is 10.6. The van der Waals surface area contributed by atoms with Crippen molar-refractivity contribution in [3.8, 4) is 0 Å². The average molecular weight is 248 g/mol.